The third kappa shape index (κ3) is 3.24. The van der Waals surface area contributed by atoms with E-state index in [1.165, 1.54) is 10.6 Å². The number of aromatic carboxylic acids is 1. The first-order valence-electron chi connectivity index (χ1n) is 9.29. The zero-order valence-corrected chi connectivity index (χ0v) is 16.1. The Kier molecular flexibility index (Phi) is 4.90. The molecule has 0 unspecified atom stereocenters. The number of carbonyl (C=O) groups is 1. The number of fused-ring (bicyclic) bond motifs is 1. The van der Waals surface area contributed by atoms with E-state index in [1.54, 1.807) is 61.5 Å². The number of benzene rings is 3. The molecule has 1 aromatic heterocycles. The number of aromatic hydroxyl groups is 1. The van der Waals surface area contributed by atoms with Gasteiger partial charge in [-0.25, -0.2) is 4.79 Å². The molecular formula is C24H18N2O4. The normalized spacial score (nSPS) is 11.6. The number of aliphatic imine (C=N–C) groups is 1. The number of aromatic nitrogens is 1. The van der Waals surface area contributed by atoms with Crippen molar-refractivity contribution in [1.29, 1.82) is 0 Å². The zero-order valence-electron chi connectivity index (χ0n) is 16.1. The van der Waals surface area contributed by atoms with Crippen molar-refractivity contribution in [2.45, 2.75) is 6.92 Å². The number of rotatable bonds is 4. The van der Waals surface area contributed by atoms with E-state index in [0.29, 0.717) is 16.6 Å². The Balaban J connectivity index is 2.03. The molecule has 0 spiro atoms. The second-order valence-corrected chi connectivity index (χ2v) is 6.74. The number of carboxylic acids is 1. The van der Waals surface area contributed by atoms with E-state index in [9.17, 15) is 19.8 Å². The Bertz CT molecular complexity index is 1360. The van der Waals surface area contributed by atoms with Crippen LogP contribution in [-0.2, 0) is 0 Å². The molecule has 0 radical (unpaired) electrons. The van der Waals surface area contributed by atoms with E-state index in [0.717, 1.165) is 0 Å². The van der Waals surface area contributed by atoms with Crippen molar-refractivity contribution in [3.05, 3.63) is 100 Å². The zero-order chi connectivity index (χ0) is 21.3. The summed E-state index contributed by atoms with van der Waals surface area (Å²) in [6.07, 6.45) is 0. The summed E-state index contributed by atoms with van der Waals surface area (Å²) in [5.41, 5.74) is 1.25. The van der Waals surface area contributed by atoms with E-state index in [4.69, 9.17) is 0 Å². The van der Waals surface area contributed by atoms with Crippen LogP contribution in [0.15, 0.2) is 88.6 Å². The van der Waals surface area contributed by atoms with E-state index in [1.807, 2.05) is 18.2 Å². The number of hydrogen-bond acceptors (Lipinski definition) is 4. The molecule has 30 heavy (non-hydrogen) atoms. The molecule has 6 nitrogen and oxygen atoms in total. The first kappa shape index (κ1) is 19.1. The van der Waals surface area contributed by atoms with Crippen molar-refractivity contribution in [1.82, 2.24) is 4.57 Å². The van der Waals surface area contributed by atoms with Crippen LogP contribution in [0.3, 0.4) is 0 Å². The maximum Gasteiger partial charge on any atom is 0.337 e. The standard InChI is InChI=1S/C24H18N2O4/c1-15(25-19-13-7-5-11-17(19)24(29)30)21-22(27)18-12-6-8-14-20(18)26(23(21)28)16-9-3-2-4-10-16/h2-14,27H,1H3,(H,29,30). The Morgan fingerprint density at radius 1 is 0.900 bits per heavy atom. The highest BCUT2D eigenvalue weighted by molar-refractivity contribution is 6.07. The first-order chi connectivity index (χ1) is 14.5. The van der Waals surface area contributed by atoms with Crippen LogP contribution in [0.1, 0.15) is 22.8 Å². The molecule has 0 atom stereocenters. The molecule has 0 aliphatic rings. The van der Waals surface area contributed by atoms with Crippen LogP contribution >= 0.6 is 0 Å². The maximum atomic E-state index is 13.5. The van der Waals surface area contributed by atoms with Gasteiger partial charge in [-0.05, 0) is 43.3 Å². The van der Waals surface area contributed by atoms with E-state index < -0.39 is 11.5 Å². The van der Waals surface area contributed by atoms with Crippen LogP contribution in [0.5, 0.6) is 5.75 Å². The average Bonchev–Trinajstić information content (AvgIpc) is 2.75. The summed E-state index contributed by atoms with van der Waals surface area (Å²) in [4.78, 5) is 29.3. The van der Waals surface area contributed by atoms with Gasteiger partial charge in [0.05, 0.1) is 22.5 Å². The summed E-state index contributed by atoms with van der Waals surface area (Å²) in [6.45, 7) is 1.58. The van der Waals surface area contributed by atoms with Gasteiger partial charge in [-0.3, -0.25) is 14.4 Å². The highest BCUT2D eigenvalue weighted by Crippen LogP contribution is 2.29. The fourth-order valence-corrected chi connectivity index (χ4v) is 3.47. The van der Waals surface area contributed by atoms with Crippen LogP contribution in [0.25, 0.3) is 16.6 Å². The van der Waals surface area contributed by atoms with Crippen LogP contribution in [0.2, 0.25) is 0 Å². The van der Waals surface area contributed by atoms with Gasteiger partial charge in [-0.2, -0.15) is 0 Å². The SMILES string of the molecule is CC(=Nc1ccccc1C(=O)O)c1c(O)c2ccccc2n(-c2ccccc2)c1=O. The molecule has 0 aliphatic heterocycles. The highest BCUT2D eigenvalue weighted by atomic mass is 16.4. The van der Waals surface area contributed by atoms with E-state index >= 15 is 0 Å². The summed E-state index contributed by atoms with van der Waals surface area (Å²) in [5, 5.41) is 20.8. The predicted octanol–water partition coefficient (Wildman–Crippen LogP) is 4.54. The second-order valence-electron chi connectivity index (χ2n) is 6.74. The smallest absolute Gasteiger partial charge is 0.337 e. The van der Waals surface area contributed by atoms with Gasteiger partial charge in [0, 0.05) is 11.1 Å². The molecule has 0 saturated carbocycles. The number of pyridine rings is 1. The second kappa shape index (κ2) is 7.67. The topological polar surface area (TPSA) is 91.9 Å². The van der Waals surface area contributed by atoms with Gasteiger partial charge in [0.25, 0.3) is 5.56 Å². The molecular weight excluding hydrogens is 380 g/mol. The fraction of sp³-hybridized carbons (Fsp3) is 0.0417. The van der Waals surface area contributed by atoms with E-state index in [-0.39, 0.29) is 28.3 Å². The summed E-state index contributed by atoms with van der Waals surface area (Å²) < 4.78 is 1.52. The van der Waals surface area contributed by atoms with Crippen LogP contribution in [0.4, 0.5) is 5.69 Å². The molecule has 3 aromatic carbocycles. The quantitative estimate of drug-likeness (QED) is 0.494. The Hall–Kier alpha value is -4.19. The monoisotopic (exact) mass is 398 g/mol. The van der Waals surface area contributed by atoms with Gasteiger partial charge in [0.1, 0.15) is 11.3 Å². The molecule has 2 N–H and O–H groups in total. The lowest BCUT2D eigenvalue weighted by molar-refractivity contribution is 0.0698. The van der Waals surface area contributed by atoms with Gasteiger partial charge in [-0.1, -0.05) is 42.5 Å². The van der Waals surface area contributed by atoms with Crippen molar-refractivity contribution >= 4 is 28.3 Å². The molecule has 0 amide bonds. The van der Waals surface area contributed by atoms with Crippen LogP contribution in [0, 0.1) is 0 Å². The summed E-state index contributed by atoms with van der Waals surface area (Å²) >= 11 is 0. The molecule has 0 aliphatic carbocycles. The molecule has 1 heterocycles. The van der Waals surface area contributed by atoms with Crippen LogP contribution in [-0.4, -0.2) is 26.5 Å². The Morgan fingerprint density at radius 2 is 1.53 bits per heavy atom. The first-order valence-corrected chi connectivity index (χ1v) is 9.29. The minimum atomic E-state index is -1.12. The largest absolute Gasteiger partial charge is 0.506 e. The number of para-hydroxylation sites is 3. The fourth-order valence-electron chi connectivity index (χ4n) is 3.47. The van der Waals surface area contributed by atoms with Gasteiger partial charge in [0.15, 0.2) is 0 Å². The third-order valence-corrected chi connectivity index (χ3v) is 4.85. The maximum absolute atomic E-state index is 13.5. The van der Waals surface area contributed by atoms with Crippen LogP contribution < -0.4 is 5.56 Å². The summed E-state index contributed by atoms with van der Waals surface area (Å²) in [7, 11) is 0. The van der Waals surface area contributed by atoms with Crippen molar-refractivity contribution in [3.63, 3.8) is 0 Å². The van der Waals surface area contributed by atoms with Gasteiger partial charge < -0.3 is 10.2 Å². The molecule has 4 aromatic rings. The average molecular weight is 398 g/mol. The lowest BCUT2D eigenvalue weighted by atomic mass is 10.1. The lowest BCUT2D eigenvalue weighted by Gasteiger charge is -2.15. The highest BCUT2D eigenvalue weighted by Gasteiger charge is 2.20. The van der Waals surface area contributed by atoms with Crippen molar-refractivity contribution in [2.24, 2.45) is 4.99 Å². The van der Waals surface area contributed by atoms with E-state index in [2.05, 4.69) is 4.99 Å². The van der Waals surface area contributed by atoms with Gasteiger partial charge in [-0.15, -0.1) is 0 Å². The molecule has 0 saturated heterocycles. The van der Waals surface area contributed by atoms with Crippen molar-refractivity contribution < 1.29 is 15.0 Å². The molecule has 0 bridgehead atoms. The Morgan fingerprint density at radius 3 is 2.27 bits per heavy atom. The number of hydrogen-bond donors (Lipinski definition) is 2. The summed E-state index contributed by atoms with van der Waals surface area (Å²) in [5.74, 6) is -1.30. The summed E-state index contributed by atoms with van der Waals surface area (Å²) in [6, 6.07) is 22.5. The molecule has 148 valence electrons. The molecule has 4 rings (SSSR count). The third-order valence-electron chi connectivity index (χ3n) is 4.85. The van der Waals surface area contributed by atoms with Crippen molar-refractivity contribution in [3.8, 4) is 11.4 Å². The van der Waals surface area contributed by atoms with Crippen molar-refractivity contribution in [2.75, 3.05) is 0 Å². The number of carboxylic acid groups (broad SMARTS) is 1. The van der Waals surface area contributed by atoms with Gasteiger partial charge in [0.2, 0.25) is 0 Å². The molecule has 0 fully saturated rings. The Labute approximate surface area is 172 Å². The molecule has 6 heteroatoms. The van der Waals surface area contributed by atoms with Gasteiger partial charge >= 0.3 is 5.97 Å². The lowest BCUT2D eigenvalue weighted by Crippen LogP contribution is -2.25. The predicted molar refractivity (Wildman–Crippen MR) is 116 cm³/mol. The minimum absolute atomic E-state index is 0.0144. The number of nitrogens with zero attached hydrogens (tertiary/aromatic N) is 2. The minimum Gasteiger partial charge on any atom is -0.506 e.